The maximum atomic E-state index is 13.1. The predicted octanol–water partition coefficient (Wildman–Crippen LogP) is 4.56. The van der Waals surface area contributed by atoms with E-state index < -0.39 is 5.97 Å². The summed E-state index contributed by atoms with van der Waals surface area (Å²) in [5.41, 5.74) is 3.22. The van der Waals surface area contributed by atoms with Gasteiger partial charge in [-0.25, -0.2) is 9.78 Å². The molecule has 8 nitrogen and oxygen atoms in total. The van der Waals surface area contributed by atoms with Crippen molar-refractivity contribution in [3.8, 4) is 0 Å². The summed E-state index contributed by atoms with van der Waals surface area (Å²) in [4.78, 5) is 33.2. The maximum absolute atomic E-state index is 13.1. The SMILES string of the molecule is CCN1CCC(Nc2cnc3c(c2)c(NC(=O)Cc2ccccc2)c(C(=O)OC)n3CC(C)C)CC1. The van der Waals surface area contributed by atoms with E-state index >= 15 is 0 Å². The quantitative estimate of drug-likeness (QED) is 0.427. The van der Waals surface area contributed by atoms with Crippen LogP contribution in [0.15, 0.2) is 42.6 Å². The van der Waals surface area contributed by atoms with Gasteiger partial charge in [0.2, 0.25) is 5.91 Å². The van der Waals surface area contributed by atoms with Crippen LogP contribution in [0.1, 0.15) is 49.7 Å². The number of carbonyl (C=O) groups excluding carboxylic acids is 2. The number of pyridine rings is 1. The number of esters is 1. The Balaban J connectivity index is 1.70. The van der Waals surface area contributed by atoms with Gasteiger partial charge in [0.05, 0.1) is 31.1 Å². The van der Waals surface area contributed by atoms with Crippen LogP contribution in [-0.4, -0.2) is 59.1 Å². The number of ether oxygens (including phenoxy) is 1. The van der Waals surface area contributed by atoms with Crippen molar-refractivity contribution in [2.45, 2.75) is 52.6 Å². The molecule has 1 fully saturated rings. The summed E-state index contributed by atoms with van der Waals surface area (Å²) >= 11 is 0. The molecular formula is C28H37N5O3. The lowest BCUT2D eigenvalue weighted by atomic mass is 10.0. The summed E-state index contributed by atoms with van der Waals surface area (Å²) in [6, 6.07) is 11.9. The maximum Gasteiger partial charge on any atom is 0.356 e. The lowest BCUT2D eigenvalue weighted by molar-refractivity contribution is -0.115. The molecule has 36 heavy (non-hydrogen) atoms. The Morgan fingerprint density at radius 3 is 2.53 bits per heavy atom. The fraction of sp³-hybridized carbons (Fsp3) is 0.464. The van der Waals surface area contributed by atoms with Gasteiger partial charge in [0.1, 0.15) is 5.65 Å². The van der Waals surface area contributed by atoms with Gasteiger partial charge in [-0.15, -0.1) is 0 Å². The van der Waals surface area contributed by atoms with E-state index in [0.717, 1.165) is 49.1 Å². The van der Waals surface area contributed by atoms with Crippen LogP contribution in [0.3, 0.4) is 0 Å². The molecule has 1 saturated heterocycles. The van der Waals surface area contributed by atoms with Gasteiger partial charge >= 0.3 is 5.97 Å². The molecule has 8 heteroatoms. The first-order valence-electron chi connectivity index (χ1n) is 12.8. The standard InChI is InChI=1S/C28H37N5O3/c1-5-32-13-11-21(12-14-32)30-22-16-23-25(31-24(34)15-20-9-7-6-8-10-20)26(28(35)36-4)33(18-19(2)3)27(23)29-17-22/h6-10,16-17,19,21,30H,5,11-15,18H2,1-4H3,(H,31,34). The number of rotatable bonds is 9. The van der Waals surface area contributed by atoms with Gasteiger partial charge in [0.25, 0.3) is 0 Å². The Morgan fingerprint density at radius 1 is 1.17 bits per heavy atom. The van der Waals surface area contributed by atoms with Gasteiger partial charge in [-0.3, -0.25) is 4.79 Å². The zero-order valence-corrected chi connectivity index (χ0v) is 21.7. The van der Waals surface area contributed by atoms with Gasteiger partial charge in [0, 0.05) is 31.1 Å². The number of anilines is 2. The van der Waals surface area contributed by atoms with Crippen molar-refractivity contribution in [2.24, 2.45) is 5.92 Å². The molecule has 0 aliphatic carbocycles. The normalized spacial score (nSPS) is 14.8. The number of hydrogen-bond acceptors (Lipinski definition) is 6. The third kappa shape index (κ3) is 5.87. The van der Waals surface area contributed by atoms with Gasteiger partial charge < -0.3 is 24.8 Å². The molecule has 3 aromatic rings. The first-order chi connectivity index (χ1) is 17.4. The van der Waals surface area contributed by atoms with Crippen LogP contribution in [0.4, 0.5) is 11.4 Å². The van der Waals surface area contributed by atoms with Crippen molar-refractivity contribution in [3.63, 3.8) is 0 Å². The molecule has 1 aliphatic rings. The van der Waals surface area contributed by atoms with Gasteiger partial charge in [-0.1, -0.05) is 51.1 Å². The Hall–Kier alpha value is -3.39. The minimum absolute atomic E-state index is 0.194. The Morgan fingerprint density at radius 2 is 1.89 bits per heavy atom. The topological polar surface area (TPSA) is 88.5 Å². The molecule has 192 valence electrons. The zero-order chi connectivity index (χ0) is 25.7. The summed E-state index contributed by atoms with van der Waals surface area (Å²) in [6.07, 6.45) is 4.16. The van der Waals surface area contributed by atoms with Crippen LogP contribution in [-0.2, 0) is 22.5 Å². The average Bonchev–Trinajstić information content (AvgIpc) is 3.16. The summed E-state index contributed by atoms with van der Waals surface area (Å²) < 4.78 is 7.01. The van der Waals surface area contributed by atoms with Crippen LogP contribution in [0.25, 0.3) is 11.0 Å². The van der Waals surface area contributed by atoms with Crippen molar-refractivity contribution in [1.29, 1.82) is 0 Å². The molecule has 2 N–H and O–H groups in total. The summed E-state index contributed by atoms with van der Waals surface area (Å²) in [7, 11) is 1.36. The molecule has 0 saturated carbocycles. The second-order valence-corrected chi connectivity index (χ2v) is 9.88. The molecule has 3 heterocycles. The largest absolute Gasteiger partial charge is 0.464 e. The van der Waals surface area contributed by atoms with Crippen molar-refractivity contribution in [3.05, 3.63) is 53.9 Å². The zero-order valence-electron chi connectivity index (χ0n) is 21.7. The van der Waals surface area contributed by atoms with Gasteiger partial charge in [-0.2, -0.15) is 0 Å². The molecule has 0 bridgehead atoms. The molecule has 1 amide bonds. The highest BCUT2D eigenvalue weighted by Crippen LogP contribution is 2.34. The number of hydrogen-bond donors (Lipinski definition) is 2. The molecule has 0 unspecified atom stereocenters. The highest BCUT2D eigenvalue weighted by atomic mass is 16.5. The lowest BCUT2D eigenvalue weighted by Crippen LogP contribution is -2.38. The number of piperidine rings is 1. The van der Waals surface area contributed by atoms with Gasteiger partial charge in [0.15, 0.2) is 5.69 Å². The summed E-state index contributed by atoms with van der Waals surface area (Å²) in [5.74, 6) is -0.425. The molecular weight excluding hydrogens is 454 g/mol. The van der Waals surface area contributed by atoms with Crippen molar-refractivity contribution in [2.75, 3.05) is 37.4 Å². The molecule has 4 rings (SSSR count). The van der Waals surface area contributed by atoms with Crippen LogP contribution >= 0.6 is 0 Å². The minimum Gasteiger partial charge on any atom is -0.464 e. The Labute approximate surface area is 213 Å². The smallest absolute Gasteiger partial charge is 0.356 e. The van der Waals surface area contributed by atoms with Crippen LogP contribution in [0, 0.1) is 5.92 Å². The summed E-state index contributed by atoms with van der Waals surface area (Å²) in [6.45, 7) is 10.2. The number of aromatic nitrogens is 2. The Kier molecular flexibility index (Phi) is 8.25. The van der Waals surface area contributed by atoms with Crippen LogP contribution in [0.2, 0.25) is 0 Å². The molecule has 0 atom stereocenters. The monoisotopic (exact) mass is 491 g/mol. The first kappa shape index (κ1) is 25.7. The third-order valence-electron chi connectivity index (χ3n) is 6.70. The number of benzene rings is 1. The highest BCUT2D eigenvalue weighted by molar-refractivity contribution is 6.11. The number of fused-ring (bicyclic) bond motifs is 1. The van der Waals surface area contributed by atoms with Crippen LogP contribution in [0.5, 0.6) is 0 Å². The number of nitrogens with one attached hydrogen (secondary N) is 2. The van der Waals surface area contributed by atoms with Crippen molar-refractivity contribution in [1.82, 2.24) is 14.5 Å². The Bertz CT molecular complexity index is 1200. The van der Waals surface area contributed by atoms with E-state index in [2.05, 4.69) is 36.3 Å². The minimum atomic E-state index is -0.495. The van der Waals surface area contributed by atoms with E-state index in [9.17, 15) is 9.59 Å². The summed E-state index contributed by atoms with van der Waals surface area (Å²) in [5, 5.41) is 7.37. The molecule has 1 aliphatic heterocycles. The fourth-order valence-electron chi connectivity index (χ4n) is 4.88. The average molecular weight is 492 g/mol. The highest BCUT2D eigenvalue weighted by Gasteiger charge is 2.27. The van der Waals surface area contributed by atoms with E-state index in [4.69, 9.17) is 9.72 Å². The van der Waals surface area contributed by atoms with E-state index in [1.807, 2.05) is 47.2 Å². The predicted molar refractivity (Wildman–Crippen MR) is 143 cm³/mol. The van der Waals surface area contributed by atoms with Crippen LogP contribution < -0.4 is 10.6 Å². The molecule has 2 aromatic heterocycles. The van der Waals surface area contributed by atoms with E-state index in [1.54, 1.807) is 0 Å². The number of carbonyl (C=O) groups is 2. The molecule has 1 aromatic carbocycles. The first-order valence-corrected chi connectivity index (χ1v) is 12.8. The number of amides is 1. The van der Waals surface area contributed by atoms with E-state index in [0.29, 0.717) is 29.6 Å². The number of nitrogens with zero attached hydrogens (tertiary/aromatic N) is 3. The number of likely N-dealkylation sites (tertiary alicyclic amines) is 1. The fourth-order valence-corrected chi connectivity index (χ4v) is 4.88. The second-order valence-electron chi connectivity index (χ2n) is 9.88. The number of methoxy groups -OCH3 is 1. The van der Waals surface area contributed by atoms with Crippen molar-refractivity contribution >= 4 is 34.3 Å². The van der Waals surface area contributed by atoms with Gasteiger partial charge in [-0.05, 0) is 36.9 Å². The second kappa shape index (κ2) is 11.6. The molecule has 0 radical (unpaired) electrons. The van der Waals surface area contributed by atoms with Crippen molar-refractivity contribution < 1.29 is 14.3 Å². The lowest BCUT2D eigenvalue weighted by Gasteiger charge is -2.31. The van der Waals surface area contributed by atoms with E-state index in [-0.39, 0.29) is 18.2 Å². The third-order valence-corrected chi connectivity index (χ3v) is 6.70. The molecule has 0 spiro atoms. The van der Waals surface area contributed by atoms with E-state index in [1.165, 1.54) is 7.11 Å².